The summed E-state index contributed by atoms with van der Waals surface area (Å²) in [6, 6.07) is 9.73. The lowest BCUT2D eigenvalue weighted by Gasteiger charge is -2.26. The van der Waals surface area contributed by atoms with Crippen LogP contribution in [0.3, 0.4) is 0 Å². The molecule has 0 spiro atoms. The molecule has 2 N–H and O–H groups in total. The second-order valence-electron chi connectivity index (χ2n) is 6.91. The number of nitro groups is 1. The summed E-state index contributed by atoms with van der Waals surface area (Å²) in [7, 11) is 0. The van der Waals surface area contributed by atoms with Gasteiger partial charge in [0, 0.05) is 43.3 Å². The molecular formula is C20H21N9O2. The predicted octanol–water partition coefficient (Wildman–Crippen LogP) is 3.35. The van der Waals surface area contributed by atoms with E-state index in [9.17, 15) is 10.1 Å². The fourth-order valence-corrected chi connectivity index (χ4v) is 3.12. The highest BCUT2D eigenvalue weighted by Gasteiger charge is 2.16. The number of benzene rings is 1. The van der Waals surface area contributed by atoms with Crippen molar-refractivity contribution in [1.82, 2.24) is 19.9 Å². The van der Waals surface area contributed by atoms with Crippen LogP contribution < -0.4 is 15.6 Å². The van der Waals surface area contributed by atoms with Crippen LogP contribution in [-0.4, -0.2) is 44.2 Å². The molecule has 1 saturated heterocycles. The van der Waals surface area contributed by atoms with Gasteiger partial charge in [-0.3, -0.25) is 15.1 Å². The first-order chi connectivity index (χ1) is 15.2. The van der Waals surface area contributed by atoms with Crippen LogP contribution in [0.1, 0.15) is 24.8 Å². The molecule has 0 saturated carbocycles. The Labute approximate surface area is 178 Å². The van der Waals surface area contributed by atoms with Gasteiger partial charge in [0.05, 0.1) is 11.1 Å². The molecule has 1 aliphatic rings. The molecule has 11 heteroatoms. The highest BCUT2D eigenvalue weighted by molar-refractivity contribution is 5.79. The van der Waals surface area contributed by atoms with E-state index in [4.69, 9.17) is 0 Å². The topological polar surface area (TPSA) is 134 Å². The van der Waals surface area contributed by atoms with E-state index >= 15 is 0 Å². The molecule has 3 aromatic rings. The number of nitrogens with one attached hydrogen (secondary N) is 2. The van der Waals surface area contributed by atoms with Crippen molar-refractivity contribution in [1.29, 1.82) is 0 Å². The Morgan fingerprint density at radius 1 is 0.968 bits per heavy atom. The van der Waals surface area contributed by atoms with Crippen molar-refractivity contribution < 1.29 is 4.92 Å². The number of non-ortho nitro benzene ring substituents is 1. The van der Waals surface area contributed by atoms with Gasteiger partial charge in [0.1, 0.15) is 0 Å². The summed E-state index contributed by atoms with van der Waals surface area (Å²) in [5, 5.41) is 18.1. The summed E-state index contributed by atoms with van der Waals surface area (Å²) in [5.74, 6) is 1.18. The molecule has 31 heavy (non-hydrogen) atoms. The van der Waals surface area contributed by atoms with Gasteiger partial charge in [0.25, 0.3) is 5.69 Å². The monoisotopic (exact) mass is 419 g/mol. The van der Waals surface area contributed by atoms with Crippen molar-refractivity contribution in [2.24, 2.45) is 5.10 Å². The Hall–Kier alpha value is -4.15. The summed E-state index contributed by atoms with van der Waals surface area (Å²) < 4.78 is 0. The molecule has 158 valence electrons. The molecule has 3 heterocycles. The minimum Gasteiger partial charge on any atom is -0.341 e. The molecule has 0 unspecified atom stereocenters. The first kappa shape index (κ1) is 20.1. The number of rotatable bonds is 7. The summed E-state index contributed by atoms with van der Waals surface area (Å²) in [6.07, 6.45) is 8.38. The first-order valence-corrected chi connectivity index (χ1v) is 9.89. The zero-order chi connectivity index (χ0) is 21.5. The number of anilines is 4. The molecule has 4 rings (SSSR count). The molecule has 0 amide bonds. The van der Waals surface area contributed by atoms with Gasteiger partial charge in [-0.25, -0.2) is 5.43 Å². The van der Waals surface area contributed by atoms with E-state index in [2.05, 4.69) is 40.7 Å². The van der Waals surface area contributed by atoms with E-state index < -0.39 is 4.92 Å². The van der Waals surface area contributed by atoms with Gasteiger partial charge in [-0.2, -0.15) is 20.1 Å². The van der Waals surface area contributed by atoms with Crippen molar-refractivity contribution in [3.05, 3.63) is 64.5 Å². The second kappa shape index (κ2) is 9.57. The van der Waals surface area contributed by atoms with Crippen LogP contribution in [0.15, 0.2) is 53.9 Å². The molecular weight excluding hydrogens is 398 g/mol. The maximum atomic E-state index is 10.9. The normalized spacial score (nSPS) is 13.9. The van der Waals surface area contributed by atoms with Gasteiger partial charge < -0.3 is 10.2 Å². The average Bonchev–Trinajstić information content (AvgIpc) is 2.81. The number of hydrazone groups is 1. The Bertz CT molecular complexity index is 1050. The number of hydrogen-bond donors (Lipinski definition) is 2. The van der Waals surface area contributed by atoms with Crippen LogP contribution in [0.5, 0.6) is 0 Å². The van der Waals surface area contributed by atoms with Crippen LogP contribution in [0, 0.1) is 10.1 Å². The Morgan fingerprint density at radius 2 is 1.68 bits per heavy atom. The zero-order valence-electron chi connectivity index (χ0n) is 16.7. The predicted molar refractivity (Wildman–Crippen MR) is 118 cm³/mol. The summed E-state index contributed by atoms with van der Waals surface area (Å²) in [6.45, 7) is 1.75. The molecule has 0 aliphatic carbocycles. The number of piperidine rings is 1. The second-order valence-corrected chi connectivity index (χ2v) is 6.91. The average molecular weight is 419 g/mol. The zero-order valence-corrected chi connectivity index (χ0v) is 16.7. The van der Waals surface area contributed by atoms with Crippen LogP contribution in [0.25, 0.3) is 0 Å². The van der Waals surface area contributed by atoms with Crippen molar-refractivity contribution in [2.75, 3.05) is 28.7 Å². The number of nitro benzene ring substituents is 1. The Kier molecular flexibility index (Phi) is 6.21. The summed E-state index contributed by atoms with van der Waals surface area (Å²) >= 11 is 0. The van der Waals surface area contributed by atoms with Gasteiger partial charge in [0.2, 0.25) is 17.8 Å². The quantitative estimate of drug-likeness (QED) is 0.336. The van der Waals surface area contributed by atoms with Crippen LogP contribution in [0.2, 0.25) is 0 Å². The van der Waals surface area contributed by atoms with Crippen molar-refractivity contribution >= 4 is 35.4 Å². The van der Waals surface area contributed by atoms with Crippen molar-refractivity contribution in [3.63, 3.8) is 0 Å². The fraction of sp³-hybridized carbons (Fsp3) is 0.250. The SMILES string of the molecule is O=[N+]([O-])c1ccc(Nc2nc(NN=Cc3ccncc3)nc(N3CCCCC3)n2)cc1. The van der Waals surface area contributed by atoms with Gasteiger partial charge >= 0.3 is 0 Å². The van der Waals surface area contributed by atoms with Gasteiger partial charge in [-0.15, -0.1) is 0 Å². The third-order valence-corrected chi connectivity index (χ3v) is 4.68. The lowest BCUT2D eigenvalue weighted by Crippen LogP contribution is -2.31. The highest BCUT2D eigenvalue weighted by Crippen LogP contribution is 2.22. The smallest absolute Gasteiger partial charge is 0.269 e. The van der Waals surface area contributed by atoms with Gasteiger partial charge in [0.15, 0.2) is 0 Å². The lowest BCUT2D eigenvalue weighted by molar-refractivity contribution is -0.384. The first-order valence-electron chi connectivity index (χ1n) is 9.89. The molecule has 11 nitrogen and oxygen atoms in total. The molecule has 1 aliphatic heterocycles. The molecule has 0 bridgehead atoms. The molecule has 0 radical (unpaired) electrons. The van der Waals surface area contributed by atoms with Crippen LogP contribution in [0.4, 0.5) is 29.2 Å². The molecule has 1 aromatic carbocycles. The van der Waals surface area contributed by atoms with Gasteiger partial charge in [-0.1, -0.05) is 0 Å². The maximum absolute atomic E-state index is 10.9. The standard InChI is InChI=1S/C20H21N9O2/c30-29(31)17-6-4-16(5-7-17)23-18-24-19(27-22-14-15-8-10-21-11-9-15)26-20(25-18)28-12-2-1-3-13-28/h4-11,14H,1-3,12-13H2,(H2,23,24,25,26,27). The van der Waals surface area contributed by atoms with Crippen molar-refractivity contribution in [2.45, 2.75) is 19.3 Å². The van der Waals surface area contributed by atoms with Crippen LogP contribution in [-0.2, 0) is 0 Å². The number of aromatic nitrogens is 4. The third kappa shape index (κ3) is 5.47. The largest absolute Gasteiger partial charge is 0.341 e. The number of hydrogen-bond acceptors (Lipinski definition) is 10. The Morgan fingerprint density at radius 3 is 2.39 bits per heavy atom. The number of nitrogens with zero attached hydrogens (tertiary/aromatic N) is 7. The van der Waals surface area contributed by atoms with E-state index in [1.54, 1.807) is 30.7 Å². The van der Waals surface area contributed by atoms with E-state index in [0.717, 1.165) is 31.5 Å². The van der Waals surface area contributed by atoms with Crippen LogP contribution >= 0.6 is 0 Å². The third-order valence-electron chi connectivity index (χ3n) is 4.68. The maximum Gasteiger partial charge on any atom is 0.269 e. The van der Waals surface area contributed by atoms with E-state index in [1.807, 2.05) is 12.1 Å². The molecule has 0 atom stereocenters. The van der Waals surface area contributed by atoms with Crippen molar-refractivity contribution in [3.8, 4) is 0 Å². The fourth-order valence-electron chi connectivity index (χ4n) is 3.12. The minimum atomic E-state index is -0.440. The lowest BCUT2D eigenvalue weighted by atomic mass is 10.1. The highest BCUT2D eigenvalue weighted by atomic mass is 16.6. The van der Waals surface area contributed by atoms with E-state index in [1.165, 1.54) is 18.6 Å². The van der Waals surface area contributed by atoms with E-state index in [0.29, 0.717) is 23.5 Å². The minimum absolute atomic E-state index is 0.0167. The Balaban J connectivity index is 1.56. The number of pyridine rings is 1. The van der Waals surface area contributed by atoms with E-state index in [-0.39, 0.29) is 5.69 Å². The summed E-state index contributed by atoms with van der Waals surface area (Å²) in [5.41, 5.74) is 4.39. The van der Waals surface area contributed by atoms with Gasteiger partial charge in [-0.05, 0) is 49.1 Å². The molecule has 1 fully saturated rings. The summed E-state index contributed by atoms with van der Waals surface area (Å²) in [4.78, 5) is 29.9. The molecule has 2 aromatic heterocycles.